The van der Waals surface area contributed by atoms with Gasteiger partial charge in [-0.25, -0.2) is 4.39 Å². The summed E-state index contributed by atoms with van der Waals surface area (Å²) >= 11 is 6.02. The topological polar surface area (TPSA) is 41.6 Å². The molecule has 2 aliphatic heterocycles. The van der Waals surface area contributed by atoms with E-state index in [4.69, 9.17) is 16.3 Å². The van der Waals surface area contributed by atoms with Gasteiger partial charge >= 0.3 is 0 Å². The number of rotatable bonds is 2. The minimum Gasteiger partial charge on any atom is -0.480 e. The maximum atomic E-state index is 13.6. The van der Waals surface area contributed by atoms with Crippen molar-refractivity contribution in [3.05, 3.63) is 64.4 Å². The lowest BCUT2D eigenvalue weighted by molar-refractivity contribution is -0.141. The molecule has 2 aromatic rings. The van der Waals surface area contributed by atoms with E-state index in [0.29, 0.717) is 36.8 Å². The molecule has 130 valence electrons. The van der Waals surface area contributed by atoms with Gasteiger partial charge < -0.3 is 15.0 Å². The summed E-state index contributed by atoms with van der Waals surface area (Å²) in [6.45, 7) is 1.88. The second-order valence-electron chi connectivity index (χ2n) is 6.37. The Labute approximate surface area is 150 Å². The predicted molar refractivity (Wildman–Crippen MR) is 93.3 cm³/mol. The van der Waals surface area contributed by atoms with Crippen LogP contribution in [-0.2, 0) is 11.2 Å². The molecule has 2 atom stereocenters. The first-order chi connectivity index (χ1) is 12.1. The third-order valence-electron chi connectivity index (χ3n) is 4.73. The van der Waals surface area contributed by atoms with E-state index < -0.39 is 6.10 Å². The van der Waals surface area contributed by atoms with E-state index in [9.17, 15) is 9.18 Å². The highest BCUT2D eigenvalue weighted by Crippen LogP contribution is 2.33. The molecule has 2 aromatic carbocycles. The number of hydrogen-bond acceptors (Lipinski definition) is 3. The highest BCUT2D eigenvalue weighted by molar-refractivity contribution is 6.30. The summed E-state index contributed by atoms with van der Waals surface area (Å²) in [6, 6.07) is 11.6. The van der Waals surface area contributed by atoms with Crippen LogP contribution in [0.5, 0.6) is 5.75 Å². The maximum absolute atomic E-state index is 13.6. The third-order valence-corrected chi connectivity index (χ3v) is 4.97. The highest BCUT2D eigenvalue weighted by Gasteiger charge is 2.37. The Morgan fingerprint density at radius 3 is 3.00 bits per heavy atom. The van der Waals surface area contributed by atoms with Crippen LogP contribution in [0.15, 0.2) is 42.5 Å². The smallest absolute Gasteiger partial charge is 0.264 e. The van der Waals surface area contributed by atoms with Crippen LogP contribution in [0.4, 0.5) is 4.39 Å². The van der Waals surface area contributed by atoms with Crippen molar-refractivity contribution in [2.75, 3.05) is 19.6 Å². The van der Waals surface area contributed by atoms with Crippen molar-refractivity contribution >= 4 is 17.5 Å². The number of carbonyl (C=O) groups excluding carboxylic acids is 1. The molecule has 2 aliphatic rings. The number of amides is 1. The number of nitrogens with zero attached hydrogens (tertiary/aromatic N) is 1. The number of nitrogens with one attached hydrogen (secondary N) is 1. The molecule has 1 N–H and O–H groups in total. The zero-order valence-corrected chi connectivity index (χ0v) is 14.3. The van der Waals surface area contributed by atoms with Gasteiger partial charge in [0.2, 0.25) is 0 Å². The average Bonchev–Trinajstić information content (AvgIpc) is 3.04. The van der Waals surface area contributed by atoms with Crippen molar-refractivity contribution in [3.8, 4) is 5.75 Å². The number of piperazine rings is 1. The van der Waals surface area contributed by atoms with E-state index in [1.165, 1.54) is 12.1 Å². The van der Waals surface area contributed by atoms with Gasteiger partial charge in [0.1, 0.15) is 11.6 Å². The van der Waals surface area contributed by atoms with E-state index in [1.54, 1.807) is 23.1 Å². The molecule has 2 heterocycles. The quantitative estimate of drug-likeness (QED) is 0.895. The highest BCUT2D eigenvalue weighted by atomic mass is 35.5. The first-order valence-electron chi connectivity index (χ1n) is 8.33. The molecule has 4 nitrogen and oxygen atoms in total. The lowest BCUT2D eigenvalue weighted by Crippen LogP contribution is -2.52. The van der Waals surface area contributed by atoms with E-state index >= 15 is 0 Å². The Balaban J connectivity index is 1.56. The van der Waals surface area contributed by atoms with Crippen LogP contribution >= 0.6 is 11.6 Å². The molecule has 6 heteroatoms. The molecular formula is C19H18ClFN2O2. The monoisotopic (exact) mass is 360 g/mol. The average molecular weight is 361 g/mol. The fourth-order valence-corrected chi connectivity index (χ4v) is 3.71. The largest absolute Gasteiger partial charge is 0.480 e. The van der Waals surface area contributed by atoms with Crippen LogP contribution in [0.1, 0.15) is 17.2 Å². The van der Waals surface area contributed by atoms with Gasteiger partial charge in [-0.2, -0.15) is 0 Å². The SMILES string of the molecule is O=C(C1Cc2cc(Cl)ccc2O1)N1CCNCC1c1cccc(F)c1. The van der Waals surface area contributed by atoms with Crippen LogP contribution in [0.3, 0.4) is 0 Å². The lowest BCUT2D eigenvalue weighted by atomic mass is 10.0. The first kappa shape index (κ1) is 16.4. The van der Waals surface area contributed by atoms with Gasteiger partial charge in [0, 0.05) is 31.1 Å². The molecule has 1 fully saturated rings. The molecule has 4 rings (SSSR count). The van der Waals surface area contributed by atoms with E-state index in [-0.39, 0.29) is 17.8 Å². The Morgan fingerprint density at radius 1 is 1.28 bits per heavy atom. The summed E-state index contributed by atoms with van der Waals surface area (Å²) in [4.78, 5) is 14.9. The van der Waals surface area contributed by atoms with E-state index in [0.717, 1.165) is 11.1 Å². The summed E-state index contributed by atoms with van der Waals surface area (Å²) in [7, 11) is 0. The summed E-state index contributed by atoms with van der Waals surface area (Å²) in [5.41, 5.74) is 1.74. The fourth-order valence-electron chi connectivity index (χ4n) is 3.52. The molecular weight excluding hydrogens is 343 g/mol. The molecule has 0 bridgehead atoms. The summed E-state index contributed by atoms with van der Waals surface area (Å²) in [5.74, 6) is 0.345. The summed E-state index contributed by atoms with van der Waals surface area (Å²) in [5, 5.41) is 3.91. The van der Waals surface area contributed by atoms with Crippen LogP contribution in [0.2, 0.25) is 5.02 Å². The third kappa shape index (κ3) is 3.22. The minimum atomic E-state index is -0.553. The standard InChI is InChI=1S/C19H18ClFN2O2/c20-14-4-5-17-13(8-14)10-18(25-17)19(24)23-7-6-22-11-16(23)12-2-1-3-15(21)9-12/h1-5,8-9,16,18,22H,6-7,10-11H2. The van der Waals surface area contributed by atoms with Gasteiger partial charge in [0.25, 0.3) is 5.91 Å². The molecule has 0 aliphatic carbocycles. The minimum absolute atomic E-state index is 0.0666. The number of fused-ring (bicyclic) bond motifs is 1. The molecule has 0 radical (unpaired) electrons. The maximum Gasteiger partial charge on any atom is 0.264 e. The first-order valence-corrected chi connectivity index (χ1v) is 8.71. The van der Waals surface area contributed by atoms with Crippen molar-refractivity contribution < 1.29 is 13.9 Å². The van der Waals surface area contributed by atoms with Crippen LogP contribution < -0.4 is 10.1 Å². The van der Waals surface area contributed by atoms with Gasteiger partial charge in [0.15, 0.2) is 6.10 Å². The molecule has 1 saturated heterocycles. The van der Waals surface area contributed by atoms with Crippen LogP contribution in [-0.4, -0.2) is 36.5 Å². The van der Waals surface area contributed by atoms with Crippen LogP contribution in [0.25, 0.3) is 0 Å². The number of halogens is 2. The molecule has 0 aromatic heterocycles. The Bertz CT molecular complexity index is 814. The summed E-state index contributed by atoms with van der Waals surface area (Å²) in [6.07, 6.45) is -0.0447. The number of ether oxygens (including phenoxy) is 1. The fraction of sp³-hybridized carbons (Fsp3) is 0.316. The van der Waals surface area contributed by atoms with Crippen molar-refractivity contribution in [2.24, 2.45) is 0 Å². The predicted octanol–water partition coefficient (Wildman–Crippen LogP) is 2.96. The summed E-state index contributed by atoms with van der Waals surface area (Å²) < 4.78 is 19.4. The number of carbonyl (C=O) groups is 1. The van der Waals surface area contributed by atoms with E-state index in [1.807, 2.05) is 12.1 Å². The van der Waals surface area contributed by atoms with Crippen molar-refractivity contribution in [2.45, 2.75) is 18.6 Å². The molecule has 0 saturated carbocycles. The second kappa shape index (κ2) is 6.65. The van der Waals surface area contributed by atoms with Gasteiger partial charge in [-0.1, -0.05) is 23.7 Å². The Morgan fingerprint density at radius 2 is 2.16 bits per heavy atom. The van der Waals surface area contributed by atoms with Gasteiger partial charge in [-0.3, -0.25) is 4.79 Å². The van der Waals surface area contributed by atoms with E-state index in [2.05, 4.69) is 5.32 Å². The molecule has 25 heavy (non-hydrogen) atoms. The normalized spacial score (nSPS) is 22.4. The van der Waals surface area contributed by atoms with Gasteiger partial charge in [0.05, 0.1) is 6.04 Å². The van der Waals surface area contributed by atoms with Crippen molar-refractivity contribution in [3.63, 3.8) is 0 Å². The Hall–Kier alpha value is -2.11. The van der Waals surface area contributed by atoms with Crippen LogP contribution in [0, 0.1) is 5.82 Å². The molecule has 2 unspecified atom stereocenters. The number of benzene rings is 2. The number of hydrogen-bond donors (Lipinski definition) is 1. The molecule has 0 spiro atoms. The van der Waals surface area contributed by atoms with Gasteiger partial charge in [-0.05, 0) is 41.5 Å². The second-order valence-corrected chi connectivity index (χ2v) is 6.81. The Kier molecular flexibility index (Phi) is 4.36. The molecule has 1 amide bonds. The zero-order chi connectivity index (χ0) is 17.4. The lowest BCUT2D eigenvalue weighted by Gasteiger charge is -2.37. The van der Waals surface area contributed by atoms with Gasteiger partial charge in [-0.15, -0.1) is 0 Å². The van der Waals surface area contributed by atoms with Crippen molar-refractivity contribution in [1.82, 2.24) is 10.2 Å². The zero-order valence-electron chi connectivity index (χ0n) is 13.5. The van der Waals surface area contributed by atoms with Crippen molar-refractivity contribution in [1.29, 1.82) is 0 Å².